The van der Waals surface area contributed by atoms with E-state index in [1.54, 1.807) is 11.9 Å². The lowest BCUT2D eigenvalue weighted by molar-refractivity contribution is -0.137. The molecule has 0 unspecified atom stereocenters. The third-order valence-electron chi connectivity index (χ3n) is 4.23. The maximum Gasteiger partial charge on any atom is 0.417 e. The lowest BCUT2D eigenvalue weighted by Gasteiger charge is -2.36. The van der Waals surface area contributed by atoms with Gasteiger partial charge in [0.05, 0.1) is 10.6 Å². The molecule has 1 aromatic heterocycles. The highest BCUT2D eigenvalue weighted by molar-refractivity contribution is 7.86. The van der Waals surface area contributed by atoms with Crippen molar-refractivity contribution in [2.75, 3.05) is 44.7 Å². The average Bonchev–Trinajstić information content (AvgIpc) is 2.58. The van der Waals surface area contributed by atoms with Crippen molar-refractivity contribution in [1.82, 2.24) is 13.6 Å². The van der Waals surface area contributed by atoms with Crippen molar-refractivity contribution in [3.63, 3.8) is 0 Å². The molecule has 6 nitrogen and oxygen atoms in total. The molecule has 0 atom stereocenters. The number of rotatable bonds is 6. The number of pyridine rings is 1. The maximum absolute atomic E-state index is 12.7. The molecule has 0 aliphatic carbocycles. The van der Waals surface area contributed by atoms with E-state index in [0.717, 1.165) is 25.1 Å². The van der Waals surface area contributed by atoms with Gasteiger partial charge < -0.3 is 4.90 Å². The number of aromatic nitrogens is 1. The average molecular weight is 415 g/mol. The largest absolute Gasteiger partial charge is 0.417 e. The molecule has 0 bridgehead atoms. The number of alkyl halides is 3. The maximum atomic E-state index is 12.7. The summed E-state index contributed by atoms with van der Waals surface area (Å²) in [5.74, 6) is 0.232. The first-order chi connectivity index (χ1) is 12.1. The summed E-state index contributed by atoms with van der Waals surface area (Å²) in [7, 11) is -1.99. The van der Waals surface area contributed by atoms with E-state index >= 15 is 0 Å². The predicted octanol–water partition coefficient (Wildman–Crippen LogP) is 2.85. The van der Waals surface area contributed by atoms with Crippen LogP contribution < -0.4 is 4.90 Å². The van der Waals surface area contributed by atoms with Gasteiger partial charge >= 0.3 is 6.18 Å². The van der Waals surface area contributed by atoms with Crippen LogP contribution in [0.2, 0.25) is 5.02 Å². The van der Waals surface area contributed by atoms with Crippen molar-refractivity contribution in [2.45, 2.75) is 25.9 Å². The van der Waals surface area contributed by atoms with Crippen molar-refractivity contribution in [3.8, 4) is 0 Å². The Hall–Kier alpha value is -1.10. The minimum absolute atomic E-state index is 0.101. The highest BCUT2D eigenvalue weighted by Gasteiger charge is 2.34. The van der Waals surface area contributed by atoms with Crippen LogP contribution >= 0.6 is 11.6 Å². The van der Waals surface area contributed by atoms with Gasteiger partial charge in [0.25, 0.3) is 10.2 Å². The topological polar surface area (TPSA) is 56.8 Å². The van der Waals surface area contributed by atoms with Crippen LogP contribution in [0.5, 0.6) is 0 Å². The molecule has 1 aromatic rings. The van der Waals surface area contributed by atoms with Gasteiger partial charge in [0, 0.05) is 46.0 Å². The number of piperazine rings is 1. The molecule has 11 heteroatoms. The molecular formula is C15H22ClF3N4O2S. The normalized spacial score (nSPS) is 17.1. The van der Waals surface area contributed by atoms with E-state index in [9.17, 15) is 21.6 Å². The van der Waals surface area contributed by atoms with E-state index in [0.29, 0.717) is 19.6 Å². The van der Waals surface area contributed by atoms with E-state index in [4.69, 9.17) is 11.6 Å². The summed E-state index contributed by atoms with van der Waals surface area (Å²) in [4.78, 5) is 5.52. The Morgan fingerprint density at radius 1 is 1.27 bits per heavy atom. The van der Waals surface area contributed by atoms with Crippen LogP contribution in [0.15, 0.2) is 12.3 Å². The zero-order chi connectivity index (χ0) is 19.5. The second-order valence-corrected chi connectivity index (χ2v) is 8.54. The number of halogens is 4. The molecule has 2 rings (SSSR count). The van der Waals surface area contributed by atoms with Gasteiger partial charge in [-0.3, -0.25) is 0 Å². The lowest BCUT2D eigenvalue weighted by Crippen LogP contribution is -2.52. The first-order valence-corrected chi connectivity index (χ1v) is 10.0. The summed E-state index contributed by atoms with van der Waals surface area (Å²) >= 11 is 5.96. The van der Waals surface area contributed by atoms with Crippen LogP contribution in [0.1, 0.15) is 25.3 Å². The van der Waals surface area contributed by atoms with E-state index < -0.39 is 21.9 Å². The highest BCUT2D eigenvalue weighted by atomic mass is 35.5. The standard InChI is InChI=1S/C15H22ClF3N4O2S/c1-3-4-5-21(2)26(24,25)23-8-6-22(7-9-23)14-13(16)10-12(11-20-14)15(17,18)19/h10-11H,3-9H2,1-2H3. The number of anilines is 1. The molecule has 2 heterocycles. The van der Waals surface area contributed by atoms with Crippen LogP contribution in [0.25, 0.3) is 0 Å². The van der Waals surface area contributed by atoms with E-state index in [-0.39, 0.29) is 23.9 Å². The molecule has 26 heavy (non-hydrogen) atoms. The third kappa shape index (κ3) is 4.79. The summed E-state index contributed by atoms with van der Waals surface area (Å²) in [5.41, 5.74) is -0.912. The summed E-state index contributed by atoms with van der Waals surface area (Å²) in [5, 5.41) is -0.101. The first-order valence-electron chi connectivity index (χ1n) is 8.26. The summed E-state index contributed by atoms with van der Waals surface area (Å²) in [6.07, 6.45) is -2.10. The second-order valence-electron chi connectivity index (χ2n) is 6.10. The Kier molecular flexibility index (Phi) is 6.75. The molecule has 1 fully saturated rings. The zero-order valence-electron chi connectivity index (χ0n) is 14.6. The molecule has 0 radical (unpaired) electrons. The molecule has 0 N–H and O–H groups in total. The minimum Gasteiger partial charge on any atom is -0.353 e. The van der Waals surface area contributed by atoms with Gasteiger partial charge in [-0.1, -0.05) is 24.9 Å². The summed E-state index contributed by atoms with van der Waals surface area (Å²) in [6, 6.07) is 0.839. The minimum atomic E-state index is -4.51. The SMILES string of the molecule is CCCCN(C)S(=O)(=O)N1CCN(c2ncc(C(F)(F)F)cc2Cl)CC1. The Morgan fingerprint density at radius 3 is 2.38 bits per heavy atom. The van der Waals surface area contributed by atoms with Gasteiger partial charge in [-0.15, -0.1) is 0 Å². The van der Waals surface area contributed by atoms with Crippen LogP contribution in [0.3, 0.4) is 0 Å². The Morgan fingerprint density at radius 2 is 1.88 bits per heavy atom. The van der Waals surface area contributed by atoms with Gasteiger partial charge in [-0.05, 0) is 12.5 Å². The summed E-state index contributed by atoms with van der Waals surface area (Å²) in [6.45, 7) is 3.49. The van der Waals surface area contributed by atoms with Gasteiger partial charge in [0.15, 0.2) is 0 Å². The Labute approximate surface area is 156 Å². The lowest BCUT2D eigenvalue weighted by atomic mass is 10.2. The van der Waals surface area contributed by atoms with Crippen molar-refractivity contribution >= 4 is 27.6 Å². The zero-order valence-corrected chi connectivity index (χ0v) is 16.2. The molecule has 1 saturated heterocycles. The van der Waals surface area contributed by atoms with Crippen LogP contribution in [-0.4, -0.2) is 61.8 Å². The fourth-order valence-electron chi connectivity index (χ4n) is 2.64. The van der Waals surface area contributed by atoms with E-state index in [1.807, 2.05) is 6.92 Å². The third-order valence-corrected chi connectivity index (χ3v) is 6.50. The molecule has 0 amide bonds. The molecule has 0 saturated carbocycles. The number of unbranched alkanes of at least 4 members (excludes halogenated alkanes) is 1. The fraction of sp³-hybridized carbons (Fsp3) is 0.667. The van der Waals surface area contributed by atoms with Crippen molar-refractivity contribution in [1.29, 1.82) is 0 Å². The fourth-order valence-corrected chi connectivity index (χ4v) is 4.31. The predicted molar refractivity (Wildman–Crippen MR) is 94.5 cm³/mol. The first kappa shape index (κ1) is 21.2. The summed E-state index contributed by atoms with van der Waals surface area (Å²) < 4.78 is 65.8. The van der Waals surface area contributed by atoms with Crippen LogP contribution in [-0.2, 0) is 16.4 Å². The Bertz CT molecular complexity index is 722. The van der Waals surface area contributed by atoms with E-state index in [1.165, 1.54) is 8.61 Å². The molecule has 148 valence electrons. The number of hydrogen-bond donors (Lipinski definition) is 0. The molecule has 1 aliphatic rings. The monoisotopic (exact) mass is 414 g/mol. The quantitative estimate of drug-likeness (QED) is 0.718. The van der Waals surface area contributed by atoms with Crippen molar-refractivity contribution < 1.29 is 21.6 Å². The second kappa shape index (κ2) is 8.28. The van der Waals surface area contributed by atoms with Crippen molar-refractivity contribution in [2.24, 2.45) is 0 Å². The smallest absolute Gasteiger partial charge is 0.353 e. The Balaban J connectivity index is 2.04. The molecular weight excluding hydrogens is 393 g/mol. The van der Waals surface area contributed by atoms with Crippen LogP contribution in [0.4, 0.5) is 19.0 Å². The number of nitrogens with zero attached hydrogens (tertiary/aromatic N) is 4. The highest BCUT2D eigenvalue weighted by Crippen LogP contribution is 2.33. The van der Waals surface area contributed by atoms with Crippen molar-refractivity contribution in [3.05, 3.63) is 22.8 Å². The molecule has 0 aromatic carbocycles. The molecule has 1 aliphatic heterocycles. The van der Waals surface area contributed by atoms with Gasteiger partial charge in [-0.25, -0.2) is 4.98 Å². The van der Waals surface area contributed by atoms with E-state index in [2.05, 4.69) is 4.98 Å². The van der Waals surface area contributed by atoms with Gasteiger partial charge in [-0.2, -0.15) is 30.2 Å². The number of hydrogen-bond acceptors (Lipinski definition) is 4. The van der Waals surface area contributed by atoms with Gasteiger partial charge in [0.2, 0.25) is 0 Å². The van der Waals surface area contributed by atoms with Crippen LogP contribution in [0, 0.1) is 0 Å². The van der Waals surface area contributed by atoms with Gasteiger partial charge in [0.1, 0.15) is 5.82 Å². The molecule has 0 spiro atoms.